The second-order valence-corrected chi connectivity index (χ2v) is 2.49. The van der Waals surface area contributed by atoms with Gasteiger partial charge >= 0.3 is 0 Å². The Morgan fingerprint density at radius 2 is 1.10 bits per heavy atom. The number of hydrogen-bond donors (Lipinski definition) is 4. The molecule has 4 heteroatoms. The molecule has 0 aromatic carbocycles. The third-order valence-electron chi connectivity index (χ3n) is 1.65. The van der Waals surface area contributed by atoms with E-state index >= 15 is 0 Å². The van der Waals surface area contributed by atoms with Crippen molar-refractivity contribution in [2.75, 3.05) is 0 Å². The molecule has 0 spiro atoms. The lowest BCUT2D eigenvalue weighted by Crippen LogP contribution is -2.39. The molecule has 4 nitrogen and oxygen atoms in total. The highest BCUT2D eigenvalue weighted by atomic mass is 15.4. The van der Waals surface area contributed by atoms with Gasteiger partial charge in [0.25, 0.3) is 0 Å². The van der Waals surface area contributed by atoms with Crippen LogP contribution in [0.4, 0.5) is 0 Å². The summed E-state index contributed by atoms with van der Waals surface area (Å²) in [5, 5.41) is 12.4. The molecule has 2 heterocycles. The van der Waals surface area contributed by atoms with Crippen LogP contribution in [0.2, 0.25) is 0 Å². The van der Waals surface area contributed by atoms with Crippen LogP contribution < -0.4 is 21.3 Å². The van der Waals surface area contributed by atoms with Crippen molar-refractivity contribution in [2.24, 2.45) is 0 Å². The van der Waals surface area contributed by atoms with Gasteiger partial charge in [-0.3, -0.25) is 0 Å². The first-order chi connectivity index (χ1) is 4.75. The zero-order valence-corrected chi connectivity index (χ0v) is 5.57. The predicted molar refractivity (Wildman–Crippen MR) is 38.4 cm³/mol. The van der Waals surface area contributed by atoms with Gasteiger partial charge in [0, 0.05) is 0 Å². The van der Waals surface area contributed by atoms with Gasteiger partial charge in [0.1, 0.15) is 12.3 Å². The molecule has 10 heavy (non-hydrogen) atoms. The fraction of sp³-hybridized carbons (Fsp3) is 0.333. The van der Waals surface area contributed by atoms with Gasteiger partial charge in [-0.2, -0.15) is 0 Å². The molecule has 0 radical (unpaired) electrons. The molecule has 0 unspecified atom stereocenters. The van der Waals surface area contributed by atoms with Crippen molar-refractivity contribution < 1.29 is 0 Å². The molecular formula is C6H10N4. The second kappa shape index (κ2) is 1.59. The Hall–Kier alpha value is -1.32. The van der Waals surface area contributed by atoms with E-state index < -0.39 is 0 Å². The van der Waals surface area contributed by atoms with Gasteiger partial charge in [-0.1, -0.05) is 13.2 Å². The van der Waals surface area contributed by atoms with E-state index in [9.17, 15) is 0 Å². The van der Waals surface area contributed by atoms with E-state index in [1.54, 1.807) is 0 Å². The first-order valence-electron chi connectivity index (χ1n) is 3.20. The number of fused-ring (bicyclic) bond motifs is 1. The zero-order valence-electron chi connectivity index (χ0n) is 5.57. The Balaban J connectivity index is 2.12. The fourth-order valence-electron chi connectivity index (χ4n) is 1.24. The Morgan fingerprint density at radius 3 is 1.40 bits per heavy atom. The predicted octanol–water partition coefficient (Wildman–Crippen LogP) is -1.03. The van der Waals surface area contributed by atoms with E-state index in [1.165, 1.54) is 0 Å². The minimum atomic E-state index is 0.208. The van der Waals surface area contributed by atoms with Crippen molar-refractivity contribution in [1.82, 2.24) is 21.3 Å². The maximum Gasteiger partial charge on any atom is 0.139 e. The van der Waals surface area contributed by atoms with Crippen LogP contribution in [0.5, 0.6) is 0 Å². The molecule has 4 N–H and O–H groups in total. The van der Waals surface area contributed by atoms with Crippen LogP contribution in [0.3, 0.4) is 0 Å². The molecule has 2 fully saturated rings. The molecule has 2 aliphatic heterocycles. The summed E-state index contributed by atoms with van der Waals surface area (Å²) >= 11 is 0. The molecular weight excluding hydrogens is 128 g/mol. The number of rotatable bonds is 0. The van der Waals surface area contributed by atoms with Crippen LogP contribution in [-0.4, -0.2) is 12.3 Å². The minimum absolute atomic E-state index is 0.208. The largest absolute Gasteiger partial charge is 0.349 e. The van der Waals surface area contributed by atoms with E-state index in [4.69, 9.17) is 0 Å². The molecule has 2 rings (SSSR count). The van der Waals surface area contributed by atoms with Crippen molar-refractivity contribution in [1.29, 1.82) is 0 Å². The maximum absolute atomic E-state index is 3.73. The molecule has 0 atom stereocenters. The quantitative estimate of drug-likeness (QED) is 0.345. The SMILES string of the molecule is C=C1N[C@H]2NC(=C)N[C@H]2N1. The Morgan fingerprint density at radius 1 is 0.800 bits per heavy atom. The van der Waals surface area contributed by atoms with Gasteiger partial charge in [-0.25, -0.2) is 0 Å². The summed E-state index contributed by atoms with van der Waals surface area (Å²) in [6.45, 7) is 7.46. The normalized spacial score (nSPS) is 35.6. The average molecular weight is 138 g/mol. The Kier molecular flexibility index (Phi) is 0.869. The van der Waals surface area contributed by atoms with Gasteiger partial charge in [0.05, 0.1) is 11.6 Å². The highest BCUT2D eigenvalue weighted by molar-refractivity contribution is 5.14. The van der Waals surface area contributed by atoms with Gasteiger partial charge in [0.15, 0.2) is 0 Å². The third-order valence-corrected chi connectivity index (χ3v) is 1.65. The molecule has 2 aliphatic rings. The first-order valence-corrected chi connectivity index (χ1v) is 3.20. The summed E-state index contributed by atoms with van der Waals surface area (Å²) < 4.78 is 0. The zero-order chi connectivity index (χ0) is 7.14. The summed E-state index contributed by atoms with van der Waals surface area (Å²) in [6.07, 6.45) is 0.417. The first kappa shape index (κ1) is 5.46. The molecule has 0 amide bonds. The van der Waals surface area contributed by atoms with E-state index in [2.05, 4.69) is 34.4 Å². The molecule has 0 saturated carbocycles. The number of nitrogens with one attached hydrogen (secondary N) is 4. The molecule has 0 aliphatic carbocycles. The van der Waals surface area contributed by atoms with Crippen molar-refractivity contribution in [3.8, 4) is 0 Å². The van der Waals surface area contributed by atoms with Crippen LogP contribution in [-0.2, 0) is 0 Å². The third kappa shape index (κ3) is 0.618. The Labute approximate surface area is 59.4 Å². The minimum Gasteiger partial charge on any atom is -0.349 e. The smallest absolute Gasteiger partial charge is 0.139 e. The standard InChI is InChI=1S/C6H10N4/c1-3-7-5-6(8-3)10-4(2)9-5/h5-10H,1-2H2/t5-,6+. The topological polar surface area (TPSA) is 48.1 Å². The summed E-state index contributed by atoms with van der Waals surface area (Å²) in [5.74, 6) is 1.70. The van der Waals surface area contributed by atoms with Crippen LogP contribution in [0.15, 0.2) is 24.8 Å². The second-order valence-electron chi connectivity index (χ2n) is 2.49. The molecule has 0 aromatic heterocycles. The van der Waals surface area contributed by atoms with Crippen molar-refractivity contribution in [3.05, 3.63) is 24.8 Å². The van der Waals surface area contributed by atoms with Crippen molar-refractivity contribution in [3.63, 3.8) is 0 Å². The summed E-state index contributed by atoms with van der Waals surface area (Å²) in [5.41, 5.74) is 0. The van der Waals surface area contributed by atoms with E-state index in [0.29, 0.717) is 0 Å². The maximum atomic E-state index is 3.73. The van der Waals surface area contributed by atoms with Crippen molar-refractivity contribution in [2.45, 2.75) is 12.3 Å². The lowest BCUT2D eigenvalue weighted by Gasteiger charge is -2.04. The average Bonchev–Trinajstić information content (AvgIpc) is 2.21. The summed E-state index contributed by atoms with van der Waals surface area (Å²) in [4.78, 5) is 0. The van der Waals surface area contributed by atoms with Gasteiger partial charge in [-0.05, 0) is 0 Å². The van der Waals surface area contributed by atoms with Crippen LogP contribution in [0.1, 0.15) is 0 Å². The fourth-order valence-corrected chi connectivity index (χ4v) is 1.24. The molecule has 0 aromatic rings. The van der Waals surface area contributed by atoms with Gasteiger partial charge in [0.2, 0.25) is 0 Å². The highest BCUT2D eigenvalue weighted by Crippen LogP contribution is 2.07. The van der Waals surface area contributed by atoms with Gasteiger partial charge < -0.3 is 21.3 Å². The molecule has 2 saturated heterocycles. The van der Waals surface area contributed by atoms with E-state index in [-0.39, 0.29) is 12.3 Å². The van der Waals surface area contributed by atoms with Crippen molar-refractivity contribution >= 4 is 0 Å². The summed E-state index contributed by atoms with van der Waals surface area (Å²) in [7, 11) is 0. The highest BCUT2D eigenvalue weighted by Gasteiger charge is 2.33. The lowest BCUT2D eigenvalue weighted by molar-refractivity contribution is 0.522. The number of hydrogen-bond acceptors (Lipinski definition) is 4. The van der Waals surface area contributed by atoms with E-state index in [1.807, 2.05) is 0 Å². The van der Waals surface area contributed by atoms with Gasteiger partial charge in [-0.15, -0.1) is 0 Å². The lowest BCUT2D eigenvalue weighted by atomic mass is 10.4. The molecule has 0 bridgehead atoms. The Bertz CT molecular complexity index is 160. The van der Waals surface area contributed by atoms with E-state index in [0.717, 1.165) is 11.6 Å². The summed E-state index contributed by atoms with van der Waals surface area (Å²) in [6, 6.07) is 0. The molecule has 54 valence electrons. The van der Waals surface area contributed by atoms with Crippen LogP contribution in [0.25, 0.3) is 0 Å². The monoisotopic (exact) mass is 138 g/mol. The van der Waals surface area contributed by atoms with Crippen LogP contribution in [0, 0.1) is 0 Å². The van der Waals surface area contributed by atoms with Crippen LogP contribution >= 0.6 is 0 Å².